The van der Waals surface area contributed by atoms with Crippen molar-refractivity contribution >= 4 is 23.1 Å². The van der Waals surface area contributed by atoms with E-state index in [-0.39, 0.29) is 11.2 Å². The molecule has 0 saturated carbocycles. The van der Waals surface area contributed by atoms with Crippen LogP contribution in [0.5, 0.6) is 0 Å². The molecule has 0 spiro atoms. The van der Waals surface area contributed by atoms with E-state index in [1.807, 2.05) is 0 Å². The van der Waals surface area contributed by atoms with Gasteiger partial charge >= 0.3 is 17.6 Å². The summed E-state index contributed by atoms with van der Waals surface area (Å²) in [5.41, 5.74) is -1.36. The number of carbonyl (C=O) groups is 2. The molecule has 10 nitrogen and oxygen atoms in total. The number of aliphatic carboxylic acids is 2. The minimum atomic E-state index is -1.81. The lowest BCUT2D eigenvalue weighted by molar-refractivity contribution is -0.155. The molecule has 2 heterocycles. The monoisotopic (exact) mass is 296 g/mol. The summed E-state index contributed by atoms with van der Waals surface area (Å²) >= 11 is 0. The van der Waals surface area contributed by atoms with Gasteiger partial charge in [-0.2, -0.15) is 0 Å². The van der Waals surface area contributed by atoms with E-state index in [4.69, 9.17) is 10.2 Å². The third-order valence-corrected chi connectivity index (χ3v) is 3.16. The maximum absolute atomic E-state index is 12.1. The Morgan fingerprint density at radius 2 is 1.81 bits per heavy atom. The van der Waals surface area contributed by atoms with Crippen molar-refractivity contribution in [3.8, 4) is 0 Å². The van der Waals surface area contributed by atoms with Crippen LogP contribution in [-0.4, -0.2) is 40.8 Å². The van der Waals surface area contributed by atoms with E-state index in [1.54, 1.807) is 0 Å². The smallest absolute Gasteiger partial charge is 0.332 e. The summed E-state index contributed by atoms with van der Waals surface area (Å²) in [6.07, 6.45) is 1.29. The largest absolute Gasteiger partial charge is 0.481 e. The van der Waals surface area contributed by atoms with Gasteiger partial charge in [0.05, 0.1) is 12.9 Å². The highest BCUT2D eigenvalue weighted by atomic mass is 16.4. The maximum atomic E-state index is 12.1. The van der Waals surface area contributed by atoms with Crippen molar-refractivity contribution < 1.29 is 19.8 Å². The second-order valence-electron chi connectivity index (χ2n) is 4.51. The number of hydrogen-bond donors (Lipinski definition) is 2. The molecule has 112 valence electrons. The zero-order chi connectivity index (χ0) is 15.9. The molecule has 0 radical (unpaired) electrons. The molecule has 0 bridgehead atoms. The number of hydrogen-bond acceptors (Lipinski definition) is 5. The summed E-state index contributed by atoms with van der Waals surface area (Å²) in [6.45, 7) is -0.620. The lowest BCUT2D eigenvalue weighted by atomic mass is 10.1. The SMILES string of the molecule is Cn1c(=O)c2c(ncn2C)n(CC(C(=O)O)C(=O)O)c1=O. The first-order chi connectivity index (χ1) is 9.75. The average molecular weight is 296 g/mol. The summed E-state index contributed by atoms with van der Waals surface area (Å²) in [6, 6.07) is 0. The van der Waals surface area contributed by atoms with Gasteiger partial charge in [-0.05, 0) is 0 Å². The molecule has 0 atom stereocenters. The Morgan fingerprint density at radius 3 is 2.33 bits per heavy atom. The predicted octanol–water partition coefficient (Wildman–Crippen LogP) is -1.78. The van der Waals surface area contributed by atoms with Crippen LogP contribution in [0.25, 0.3) is 11.2 Å². The topological polar surface area (TPSA) is 136 Å². The van der Waals surface area contributed by atoms with Crippen LogP contribution in [0.15, 0.2) is 15.9 Å². The highest BCUT2D eigenvalue weighted by molar-refractivity contribution is 5.92. The minimum Gasteiger partial charge on any atom is -0.481 e. The average Bonchev–Trinajstić information content (AvgIpc) is 2.77. The van der Waals surface area contributed by atoms with Crippen molar-refractivity contribution in [2.45, 2.75) is 6.54 Å². The van der Waals surface area contributed by atoms with Crippen LogP contribution in [0.2, 0.25) is 0 Å². The number of rotatable bonds is 4. The molecule has 0 saturated heterocycles. The maximum Gasteiger partial charge on any atom is 0.332 e. The van der Waals surface area contributed by atoms with Gasteiger partial charge in [0.2, 0.25) is 0 Å². The number of aromatic nitrogens is 4. The van der Waals surface area contributed by atoms with Crippen LogP contribution in [0, 0.1) is 5.92 Å². The minimum absolute atomic E-state index is 0.0434. The molecule has 0 aliphatic heterocycles. The van der Waals surface area contributed by atoms with Gasteiger partial charge in [0.15, 0.2) is 17.1 Å². The van der Waals surface area contributed by atoms with Crippen molar-refractivity contribution in [1.82, 2.24) is 18.7 Å². The summed E-state index contributed by atoms with van der Waals surface area (Å²) in [5.74, 6) is -4.97. The Hall–Kier alpha value is -2.91. The van der Waals surface area contributed by atoms with Gasteiger partial charge in [-0.1, -0.05) is 0 Å². The van der Waals surface area contributed by atoms with Crippen molar-refractivity contribution in [2.24, 2.45) is 20.0 Å². The Labute approximate surface area is 116 Å². The second-order valence-corrected chi connectivity index (χ2v) is 4.51. The van der Waals surface area contributed by atoms with Gasteiger partial charge in [0, 0.05) is 14.1 Å². The fraction of sp³-hybridized carbons (Fsp3) is 0.364. The Balaban J connectivity index is 2.75. The van der Waals surface area contributed by atoms with Gasteiger partial charge in [-0.25, -0.2) is 9.78 Å². The van der Waals surface area contributed by atoms with Crippen LogP contribution in [0.3, 0.4) is 0 Å². The Kier molecular flexibility index (Phi) is 3.37. The van der Waals surface area contributed by atoms with E-state index >= 15 is 0 Å². The summed E-state index contributed by atoms with van der Waals surface area (Å²) in [5, 5.41) is 17.8. The zero-order valence-electron chi connectivity index (χ0n) is 11.2. The van der Waals surface area contributed by atoms with Gasteiger partial charge < -0.3 is 14.8 Å². The molecule has 0 aliphatic carbocycles. The second kappa shape index (κ2) is 4.89. The summed E-state index contributed by atoms with van der Waals surface area (Å²) < 4.78 is 3.04. The Bertz CT molecular complexity index is 844. The number of carboxylic acids is 2. The van der Waals surface area contributed by atoms with Crippen molar-refractivity contribution in [3.05, 3.63) is 27.2 Å². The van der Waals surface area contributed by atoms with Crippen LogP contribution in [0.4, 0.5) is 0 Å². The van der Waals surface area contributed by atoms with Crippen LogP contribution < -0.4 is 11.2 Å². The van der Waals surface area contributed by atoms with Crippen molar-refractivity contribution in [3.63, 3.8) is 0 Å². The van der Waals surface area contributed by atoms with E-state index in [9.17, 15) is 19.2 Å². The Morgan fingerprint density at radius 1 is 1.24 bits per heavy atom. The molecule has 2 aromatic heterocycles. The fourth-order valence-electron chi connectivity index (χ4n) is 1.99. The molecule has 2 N–H and O–H groups in total. The van der Waals surface area contributed by atoms with Gasteiger partial charge in [-0.15, -0.1) is 0 Å². The molecule has 0 unspecified atom stereocenters. The number of imidazole rings is 1. The summed E-state index contributed by atoms with van der Waals surface area (Å²) in [7, 11) is 2.77. The normalized spacial score (nSPS) is 11.2. The van der Waals surface area contributed by atoms with E-state index in [2.05, 4.69) is 4.98 Å². The van der Waals surface area contributed by atoms with Crippen molar-refractivity contribution in [2.75, 3.05) is 0 Å². The number of fused-ring (bicyclic) bond motifs is 1. The molecular weight excluding hydrogens is 284 g/mol. The standard InChI is InChI=1S/C11H12N4O6/c1-13-4-12-7-6(13)8(16)14(2)11(21)15(7)3-5(9(17)18)10(19)20/h4-5H,3H2,1-2H3,(H,17,18)(H,19,20). The number of aryl methyl sites for hydroxylation is 1. The highest BCUT2D eigenvalue weighted by Crippen LogP contribution is 2.08. The molecule has 10 heteroatoms. The molecule has 2 aromatic rings. The van der Waals surface area contributed by atoms with E-state index in [0.717, 1.165) is 9.13 Å². The summed E-state index contributed by atoms with van der Waals surface area (Å²) in [4.78, 5) is 49.9. The molecule has 21 heavy (non-hydrogen) atoms. The van der Waals surface area contributed by atoms with Crippen LogP contribution >= 0.6 is 0 Å². The predicted molar refractivity (Wildman–Crippen MR) is 69.0 cm³/mol. The number of nitrogens with zero attached hydrogens (tertiary/aromatic N) is 4. The third kappa shape index (κ3) is 2.20. The van der Waals surface area contributed by atoms with Crippen molar-refractivity contribution in [1.29, 1.82) is 0 Å². The molecule has 0 amide bonds. The molecule has 2 rings (SSSR count). The number of carboxylic acid groups (broad SMARTS) is 2. The lowest BCUT2D eigenvalue weighted by Crippen LogP contribution is -2.41. The quantitative estimate of drug-likeness (QED) is 0.636. The molecular formula is C11H12N4O6. The molecule has 0 aromatic carbocycles. The van der Waals surface area contributed by atoms with Gasteiger partial charge in [0.25, 0.3) is 5.56 Å². The van der Waals surface area contributed by atoms with Crippen LogP contribution in [0.1, 0.15) is 0 Å². The highest BCUT2D eigenvalue weighted by Gasteiger charge is 2.28. The van der Waals surface area contributed by atoms with E-state index < -0.39 is 35.7 Å². The molecule has 0 aliphatic rings. The zero-order valence-corrected chi connectivity index (χ0v) is 11.2. The molecule has 0 fully saturated rings. The van der Waals surface area contributed by atoms with Gasteiger partial charge in [-0.3, -0.25) is 23.5 Å². The van der Waals surface area contributed by atoms with E-state index in [0.29, 0.717) is 0 Å². The van der Waals surface area contributed by atoms with Crippen LogP contribution in [-0.2, 0) is 30.2 Å². The third-order valence-electron chi connectivity index (χ3n) is 3.16. The first-order valence-electron chi connectivity index (χ1n) is 5.82. The fourth-order valence-corrected chi connectivity index (χ4v) is 1.99. The first kappa shape index (κ1) is 14.5. The first-order valence-corrected chi connectivity index (χ1v) is 5.82. The lowest BCUT2D eigenvalue weighted by Gasteiger charge is -2.12. The van der Waals surface area contributed by atoms with Gasteiger partial charge in [0.1, 0.15) is 0 Å². The van der Waals surface area contributed by atoms with E-state index in [1.165, 1.54) is 25.0 Å².